The highest BCUT2D eigenvalue weighted by Gasteiger charge is 2.28. The van der Waals surface area contributed by atoms with E-state index in [0.717, 1.165) is 0 Å². The van der Waals surface area contributed by atoms with E-state index in [2.05, 4.69) is 0 Å². The van der Waals surface area contributed by atoms with E-state index >= 15 is 0 Å². The molecule has 1 aromatic rings. The molecule has 0 aromatic heterocycles. The summed E-state index contributed by atoms with van der Waals surface area (Å²) < 4.78 is 0. The first kappa shape index (κ1) is 11.9. The first-order valence-electron chi connectivity index (χ1n) is 4.54. The highest BCUT2D eigenvalue weighted by Crippen LogP contribution is 2.29. The molecule has 0 saturated heterocycles. The summed E-state index contributed by atoms with van der Waals surface area (Å²) in [7, 11) is 0. The summed E-state index contributed by atoms with van der Waals surface area (Å²) in [6.07, 6.45) is 0.269. The van der Waals surface area contributed by atoms with E-state index in [4.69, 9.17) is 16.7 Å². The van der Waals surface area contributed by atoms with E-state index in [1.54, 1.807) is 26.0 Å². The minimum absolute atomic E-state index is 0.0387. The number of hydrogen-bond donors (Lipinski definition) is 2. The minimum atomic E-state index is -0.898. The molecule has 0 heterocycles. The number of phenolic OH excluding ortho intramolecular Hbond substituents is 1. The van der Waals surface area contributed by atoms with Gasteiger partial charge in [-0.25, -0.2) is 0 Å². The maximum Gasteiger partial charge on any atom is 0.309 e. The van der Waals surface area contributed by atoms with Crippen molar-refractivity contribution in [3.05, 3.63) is 28.8 Å². The number of aromatic hydroxyl groups is 1. The van der Waals surface area contributed by atoms with Crippen LogP contribution in [-0.2, 0) is 11.2 Å². The van der Waals surface area contributed by atoms with Crippen LogP contribution in [-0.4, -0.2) is 16.2 Å². The second-order valence-corrected chi connectivity index (χ2v) is 4.58. The number of hydrogen-bond acceptors (Lipinski definition) is 2. The van der Waals surface area contributed by atoms with Crippen molar-refractivity contribution in [1.82, 2.24) is 0 Å². The maximum atomic E-state index is 10.9. The van der Waals surface area contributed by atoms with E-state index in [1.165, 1.54) is 6.07 Å². The number of carboxylic acid groups (broad SMARTS) is 1. The zero-order valence-corrected chi connectivity index (χ0v) is 9.38. The summed E-state index contributed by atoms with van der Waals surface area (Å²) in [4.78, 5) is 10.9. The third kappa shape index (κ3) is 2.86. The zero-order chi connectivity index (χ0) is 11.6. The Balaban J connectivity index is 2.95. The molecule has 82 valence electrons. The van der Waals surface area contributed by atoms with Crippen molar-refractivity contribution in [3.8, 4) is 5.75 Å². The predicted molar refractivity (Wildman–Crippen MR) is 58.2 cm³/mol. The Hall–Kier alpha value is -1.22. The van der Waals surface area contributed by atoms with Crippen LogP contribution in [0.5, 0.6) is 5.75 Å². The van der Waals surface area contributed by atoms with Gasteiger partial charge in [-0.1, -0.05) is 17.7 Å². The average Bonchev–Trinajstić information content (AvgIpc) is 2.09. The molecule has 1 aromatic carbocycles. The van der Waals surface area contributed by atoms with Crippen LogP contribution in [0, 0.1) is 5.41 Å². The zero-order valence-electron chi connectivity index (χ0n) is 8.62. The normalized spacial score (nSPS) is 11.4. The predicted octanol–water partition coefficient (Wildman–Crippen LogP) is 2.70. The van der Waals surface area contributed by atoms with Gasteiger partial charge in [-0.15, -0.1) is 0 Å². The number of rotatable bonds is 3. The molecular weight excluding hydrogens is 216 g/mol. The van der Waals surface area contributed by atoms with Crippen LogP contribution in [0.1, 0.15) is 19.4 Å². The molecule has 0 spiro atoms. The average molecular weight is 229 g/mol. The SMILES string of the molecule is CC(C)(Cc1ccc(Cl)cc1O)C(=O)O. The Labute approximate surface area is 93.3 Å². The van der Waals surface area contributed by atoms with Gasteiger partial charge >= 0.3 is 5.97 Å². The topological polar surface area (TPSA) is 57.5 Å². The Morgan fingerprint density at radius 1 is 1.47 bits per heavy atom. The van der Waals surface area contributed by atoms with Gasteiger partial charge in [0.1, 0.15) is 5.75 Å². The van der Waals surface area contributed by atoms with Crippen molar-refractivity contribution in [1.29, 1.82) is 0 Å². The molecule has 0 aliphatic carbocycles. The lowest BCUT2D eigenvalue weighted by molar-refractivity contribution is -0.146. The summed E-state index contributed by atoms with van der Waals surface area (Å²) in [5, 5.41) is 18.9. The number of carboxylic acids is 1. The molecule has 0 saturated carbocycles. The molecule has 0 bridgehead atoms. The highest BCUT2D eigenvalue weighted by molar-refractivity contribution is 6.30. The fraction of sp³-hybridized carbons (Fsp3) is 0.364. The van der Waals surface area contributed by atoms with Crippen LogP contribution < -0.4 is 0 Å². The fourth-order valence-corrected chi connectivity index (χ4v) is 1.40. The van der Waals surface area contributed by atoms with E-state index in [1.807, 2.05) is 0 Å². The van der Waals surface area contributed by atoms with Gasteiger partial charge in [0.15, 0.2) is 0 Å². The molecule has 0 fully saturated rings. The van der Waals surface area contributed by atoms with Crippen LogP contribution >= 0.6 is 11.6 Å². The van der Waals surface area contributed by atoms with Gasteiger partial charge in [-0.2, -0.15) is 0 Å². The van der Waals surface area contributed by atoms with Gasteiger partial charge < -0.3 is 10.2 Å². The molecule has 15 heavy (non-hydrogen) atoms. The Kier molecular flexibility index (Phi) is 3.25. The quantitative estimate of drug-likeness (QED) is 0.836. The standard InChI is InChI=1S/C11H13ClO3/c1-11(2,10(14)15)6-7-3-4-8(12)5-9(7)13/h3-5,13H,6H2,1-2H3,(H,14,15). The first-order chi connectivity index (χ1) is 6.83. The van der Waals surface area contributed by atoms with Crippen LogP contribution in [0.2, 0.25) is 5.02 Å². The number of benzene rings is 1. The molecular formula is C11H13ClO3. The van der Waals surface area contributed by atoms with E-state index < -0.39 is 11.4 Å². The summed E-state index contributed by atoms with van der Waals surface area (Å²) in [5.41, 5.74) is -0.308. The fourth-order valence-electron chi connectivity index (χ4n) is 1.24. The molecule has 1 rings (SSSR count). The molecule has 0 atom stereocenters. The number of aliphatic carboxylic acids is 1. The maximum absolute atomic E-state index is 10.9. The Morgan fingerprint density at radius 2 is 2.07 bits per heavy atom. The van der Waals surface area contributed by atoms with Gasteiger partial charge in [0, 0.05) is 5.02 Å². The highest BCUT2D eigenvalue weighted by atomic mass is 35.5. The minimum Gasteiger partial charge on any atom is -0.508 e. The van der Waals surface area contributed by atoms with E-state index in [9.17, 15) is 9.90 Å². The van der Waals surface area contributed by atoms with Crippen LogP contribution in [0.3, 0.4) is 0 Å². The van der Waals surface area contributed by atoms with Crippen molar-refractivity contribution in [3.63, 3.8) is 0 Å². The van der Waals surface area contributed by atoms with Gasteiger partial charge in [0.2, 0.25) is 0 Å². The van der Waals surface area contributed by atoms with Gasteiger partial charge in [0.25, 0.3) is 0 Å². The molecule has 2 N–H and O–H groups in total. The molecule has 0 aliphatic heterocycles. The molecule has 0 radical (unpaired) electrons. The van der Waals surface area contributed by atoms with Crippen molar-refractivity contribution >= 4 is 17.6 Å². The lowest BCUT2D eigenvalue weighted by Crippen LogP contribution is -2.26. The second-order valence-electron chi connectivity index (χ2n) is 4.14. The van der Waals surface area contributed by atoms with Gasteiger partial charge in [-0.05, 0) is 38.0 Å². The Morgan fingerprint density at radius 3 is 2.53 bits per heavy atom. The van der Waals surface area contributed by atoms with Crippen molar-refractivity contribution < 1.29 is 15.0 Å². The summed E-state index contributed by atoms with van der Waals surface area (Å²) in [6.45, 7) is 3.23. The molecule has 0 amide bonds. The van der Waals surface area contributed by atoms with Crippen molar-refractivity contribution in [2.45, 2.75) is 20.3 Å². The number of halogens is 1. The summed E-state index contributed by atoms with van der Waals surface area (Å²) in [5.74, 6) is -0.853. The lowest BCUT2D eigenvalue weighted by atomic mass is 9.85. The summed E-state index contributed by atoms with van der Waals surface area (Å²) in [6, 6.07) is 4.69. The van der Waals surface area contributed by atoms with Crippen LogP contribution in [0.15, 0.2) is 18.2 Å². The van der Waals surface area contributed by atoms with E-state index in [0.29, 0.717) is 10.6 Å². The van der Waals surface area contributed by atoms with Gasteiger partial charge in [0.05, 0.1) is 5.41 Å². The third-order valence-corrected chi connectivity index (χ3v) is 2.49. The largest absolute Gasteiger partial charge is 0.508 e. The van der Waals surface area contributed by atoms with Gasteiger partial charge in [-0.3, -0.25) is 4.79 Å². The molecule has 0 aliphatic rings. The monoisotopic (exact) mass is 228 g/mol. The number of phenols is 1. The summed E-state index contributed by atoms with van der Waals surface area (Å²) >= 11 is 5.67. The molecule has 4 heteroatoms. The molecule has 0 unspecified atom stereocenters. The first-order valence-corrected chi connectivity index (χ1v) is 4.91. The lowest BCUT2D eigenvalue weighted by Gasteiger charge is -2.19. The number of carbonyl (C=O) groups is 1. The van der Waals surface area contributed by atoms with Crippen molar-refractivity contribution in [2.24, 2.45) is 5.41 Å². The second kappa shape index (κ2) is 4.11. The van der Waals surface area contributed by atoms with E-state index in [-0.39, 0.29) is 12.2 Å². The van der Waals surface area contributed by atoms with Crippen LogP contribution in [0.4, 0.5) is 0 Å². The van der Waals surface area contributed by atoms with Crippen LogP contribution in [0.25, 0.3) is 0 Å². The third-order valence-electron chi connectivity index (χ3n) is 2.26. The smallest absolute Gasteiger partial charge is 0.309 e. The Bertz CT molecular complexity index is 385. The molecule has 3 nitrogen and oxygen atoms in total. The van der Waals surface area contributed by atoms with Crippen molar-refractivity contribution in [2.75, 3.05) is 0 Å².